The number of hydrogen-bond acceptors (Lipinski definition) is 5. The second-order valence-electron chi connectivity index (χ2n) is 8.69. The van der Waals surface area contributed by atoms with Gasteiger partial charge in [0.25, 0.3) is 5.91 Å². The summed E-state index contributed by atoms with van der Waals surface area (Å²) in [5, 5.41) is 5.00. The topological polar surface area (TPSA) is 90.6 Å². The number of carbonyl (C=O) groups excluding carboxylic acids is 2. The molecule has 4 rings (SSSR count). The molecule has 0 radical (unpaired) electrons. The minimum absolute atomic E-state index is 0.0410. The average Bonchev–Trinajstić information content (AvgIpc) is 2.89. The summed E-state index contributed by atoms with van der Waals surface area (Å²) in [5.41, 5.74) is 10.6. The van der Waals surface area contributed by atoms with Gasteiger partial charge in [-0.3, -0.25) is 9.59 Å². The number of fused-ring (bicyclic) bond motifs is 1. The summed E-state index contributed by atoms with van der Waals surface area (Å²) in [6.45, 7) is 2.54. The first kappa shape index (κ1) is 25.1. The van der Waals surface area contributed by atoms with Gasteiger partial charge in [0.15, 0.2) is 0 Å². The first-order valence-electron chi connectivity index (χ1n) is 11.9. The second-order valence-corrected chi connectivity index (χ2v) is 8.69. The Balaban J connectivity index is 1.63. The van der Waals surface area contributed by atoms with E-state index >= 15 is 0 Å². The normalized spacial score (nSPS) is 11.8. The van der Waals surface area contributed by atoms with Gasteiger partial charge in [-0.2, -0.15) is 0 Å². The molecule has 0 saturated heterocycles. The van der Waals surface area contributed by atoms with Gasteiger partial charge in [-0.05, 0) is 64.2 Å². The standard InChI is InChI=1S/C30H30N2O4/c1-20(19-35-2)36-29(33)17-24-10-4-6-13-28(24)32-30(34)25-15-23-9-3-5-12-26(23)27(16-25)22-11-7-8-21(14-22)18-31/h3-16,20H,17-19,31H2,1-2H3,(H,32,34). The number of rotatable bonds is 9. The summed E-state index contributed by atoms with van der Waals surface area (Å²) >= 11 is 0. The molecule has 0 aliphatic carbocycles. The molecule has 0 aromatic heterocycles. The molecule has 6 nitrogen and oxygen atoms in total. The highest BCUT2D eigenvalue weighted by Gasteiger charge is 2.16. The van der Waals surface area contributed by atoms with E-state index in [-0.39, 0.29) is 24.4 Å². The zero-order chi connectivity index (χ0) is 25.5. The molecule has 0 fully saturated rings. The lowest BCUT2D eigenvalue weighted by Gasteiger charge is -2.15. The number of esters is 1. The third-order valence-corrected chi connectivity index (χ3v) is 5.93. The maximum absolute atomic E-state index is 13.4. The highest BCUT2D eigenvalue weighted by atomic mass is 16.6. The van der Waals surface area contributed by atoms with Crippen LogP contribution in [0.5, 0.6) is 0 Å². The molecule has 4 aromatic rings. The molecule has 0 bridgehead atoms. The van der Waals surface area contributed by atoms with Crippen LogP contribution in [-0.4, -0.2) is 31.7 Å². The van der Waals surface area contributed by atoms with Gasteiger partial charge in [0.1, 0.15) is 6.10 Å². The number of ether oxygens (including phenoxy) is 2. The maximum Gasteiger partial charge on any atom is 0.310 e. The van der Waals surface area contributed by atoms with Crippen molar-refractivity contribution in [2.45, 2.75) is 26.0 Å². The molecule has 0 saturated carbocycles. The van der Waals surface area contributed by atoms with E-state index in [0.29, 0.717) is 30.0 Å². The van der Waals surface area contributed by atoms with Crippen molar-refractivity contribution in [1.29, 1.82) is 0 Å². The number of hydrogen-bond donors (Lipinski definition) is 2. The summed E-state index contributed by atoms with van der Waals surface area (Å²) in [7, 11) is 1.56. The van der Waals surface area contributed by atoms with Crippen LogP contribution in [0.3, 0.4) is 0 Å². The highest BCUT2D eigenvalue weighted by Crippen LogP contribution is 2.31. The van der Waals surface area contributed by atoms with Gasteiger partial charge >= 0.3 is 5.97 Å². The van der Waals surface area contributed by atoms with Crippen LogP contribution in [0.1, 0.15) is 28.4 Å². The van der Waals surface area contributed by atoms with Crippen molar-refractivity contribution in [3.8, 4) is 11.1 Å². The second kappa shape index (κ2) is 11.6. The third-order valence-electron chi connectivity index (χ3n) is 5.93. The molecular formula is C30H30N2O4. The number of amides is 1. The predicted octanol–water partition coefficient (Wildman–Crippen LogP) is 5.34. The Morgan fingerprint density at radius 2 is 1.72 bits per heavy atom. The molecule has 4 aromatic carbocycles. The largest absolute Gasteiger partial charge is 0.460 e. The lowest BCUT2D eigenvalue weighted by atomic mass is 9.94. The van der Waals surface area contributed by atoms with Crippen molar-refractivity contribution in [2.24, 2.45) is 5.73 Å². The predicted molar refractivity (Wildman–Crippen MR) is 143 cm³/mol. The van der Waals surface area contributed by atoms with Crippen LogP contribution in [0.15, 0.2) is 84.9 Å². The first-order valence-corrected chi connectivity index (χ1v) is 11.9. The SMILES string of the molecule is COCC(C)OC(=O)Cc1ccccc1NC(=O)c1cc(-c2cccc(CN)c2)c2ccccc2c1. The Labute approximate surface area is 211 Å². The van der Waals surface area contributed by atoms with Crippen LogP contribution in [0.2, 0.25) is 0 Å². The summed E-state index contributed by atoms with van der Waals surface area (Å²) in [4.78, 5) is 25.8. The van der Waals surface area contributed by atoms with Crippen LogP contribution < -0.4 is 11.1 Å². The van der Waals surface area contributed by atoms with E-state index in [1.165, 1.54) is 0 Å². The average molecular weight is 483 g/mol. The molecule has 1 atom stereocenters. The first-order chi connectivity index (χ1) is 17.5. The molecule has 3 N–H and O–H groups in total. The summed E-state index contributed by atoms with van der Waals surface area (Å²) in [6, 6.07) is 27.0. The van der Waals surface area contributed by atoms with E-state index in [1.807, 2.05) is 72.8 Å². The van der Waals surface area contributed by atoms with Gasteiger partial charge in [0.2, 0.25) is 0 Å². The minimum atomic E-state index is -0.381. The monoisotopic (exact) mass is 482 g/mol. The molecule has 1 unspecified atom stereocenters. The Morgan fingerprint density at radius 1 is 0.944 bits per heavy atom. The van der Waals surface area contributed by atoms with Crippen LogP contribution in [-0.2, 0) is 27.2 Å². The summed E-state index contributed by atoms with van der Waals surface area (Å²) in [5.74, 6) is -0.639. The molecule has 0 aliphatic rings. The van der Waals surface area contributed by atoms with Crippen LogP contribution >= 0.6 is 0 Å². The smallest absolute Gasteiger partial charge is 0.310 e. The quantitative estimate of drug-likeness (QED) is 0.314. The van der Waals surface area contributed by atoms with Gasteiger partial charge in [-0.1, -0.05) is 60.7 Å². The molecule has 0 aliphatic heterocycles. The van der Waals surface area contributed by atoms with E-state index in [4.69, 9.17) is 15.2 Å². The Morgan fingerprint density at radius 3 is 2.53 bits per heavy atom. The lowest BCUT2D eigenvalue weighted by Crippen LogP contribution is -2.21. The maximum atomic E-state index is 13.4. The zero-order valence-electron chi connectivity index (χ0n) is 20.5. The highest BCUT2D eigenvalue weighted by molar-refractivity contribution is 6.10. The van der Waals surface area contributed by atoms with Crippen molar-refractivity contribution in [2.75, 3.05) is 19.0 Å². The fourth-order valence-electron chi connectivity index (χ4n) is 4.23. The summed E-state index contributed by atoms with van der Waals surface area (Å²) < 4.78 is 10.4. The number of carbonyl (C=O) groups is 2. The molecule has 1 amide bonds. The number of anilines is 1. The van der Waals surface area contributed by atoms with Crippen LogP contribution in [0.25, 0.3) is 21.9 Å². The molecule has 6 heteroatoms. The lowest BCUT2D eigenvalue weighted by molar-refractivity contribution is -0.149. The van der Waals surface area contributed by atoms with E-state index in [0.717, 1.165) is 27.5 Å². The number of nitrogens with two attached hydrogens (primary N) is 1. The fraction of sp³-hybridized carbons (Fsp3) is 0.200. The van der Waals surface area contributed by atoms with Gasteiger partial charge in [-0.15, -0.1) is 0 Å². The van der Waals surface area contributed by atoms with E-state index in [9.17, 15) is 9.59 Å². The summed E-state index contributed by atoms with van der Waals surface area (Å²) in [6.07, 6.45) is -0.308. The Bertz CT molecular complexity index is 1380. The zero-order valence-corrected chi connectivity index (χ0v) is 20.5. The van der Waals surface area contributed by atoms with Crippen molar-refractivity contribution < 1.29 is 19.1 Å². The molecule has 36 heavy (non-hydrogen) atoms. The molecule has 0 heterocycles. The number of para-hydroxylation sites is 1. The Hall–Kier alpha value is -4.00. The molecule has 0 spiro atoms. The van der Waals surface area contributed by atoms with Crippen molar-refractivity contribution >= 4 is 28.3 Å². The number of nitrogens with one attached hydrogen (secondary N) is 1. The van der Waals surface area contributed by atoms with Crippen molar-refractivity contribution in [1.82, 2.24) is 0 Å². The Kier molecular flexibility index (Phi) is 8.10. The van der Waals surface area contributed by atoms with Gasteiger partial charge in [0.05, 0.1) is 13.0 Å². The van der Waals surface area contributed by atoms with Crippen molar-refractivity contribution in [3.05, 3.63) is 102 Å². The van der Waals surface area contributed by atoms with E-state index < -0.39 is 0 Å². The van der Waals surface area contributed by atoms with Crippen LogP contribution in [0, 0.1) is 0 Å². The van der Waals surface area contributed by atoms with E-state index in [1.54, 1.807) is 20.1 Å². The van der Waals surface area contributed by atoms with Gasteiger partial charge in [0, 0.05) is 24.9 Å². The number of benzene rings is 4. The van der Waals surface area contributed by atoms with Gasteiger partial charge in [-0.25, -0.2) is 0 Å². The minimum Gasteiger partial charge on any atom is -0.460 e. The number of methoxy groups -OCH3 is 1. The van der Waals surface area contributed by atoms with E-state index in [2.05, 4.69) is 11.4 Å². The molecule has 184 valence electrons. The molecular weight excluding hydrogens is 452 g/mol. The van der Waals surface area contributed by atoms with Gasteiger partial charge < -0.3 is 20.5 Å². The third kappa shape index (κ3) is 5.97. The fourth-order valence-corrected chi connectivity index (χ4v) is 4.23. The van der Waals surface area contributed by atoms with Crippen LogP contribution in [0.4, 0.5) is 5.69 Å². The van der Waals surface area contributed by atoms with Crippen molar-refractivity contribution in [3.63, 3.8) is 0 Å².